The Labute approximate surface area is 153 Å². The quantitative estimate of drug-likeness (QED) is 0.344. The molecule has 0 saturated heterocycles. The molecule has 0 fully saturated rings. The summed E-state index contributed by atoms with van der Waals surface area (Å²) in [5, 5.41) is 14.2. The van der Waals surface area contributed by atoms with Gasteiger partial charge in [0.15, 0.2) is 0 Å². The molecule has 6 heteroatoms. The lowest BCUT2D eigenvalue weighted by Crippen LogP contribution is -2.20. The highest BCUT2D eigenvalue weighted by atomic mass is 32.1. The predicted molar refractivity (Wildman–Crippen MR) is 105 cm³/mol. The number of amidine groups is 1. The summed E-state index contributed by atoms with van der Waals surface area (Å²) in [5.74, 6) is 1.37. The van der Waals surface area contributed by atoms with E-state index in [9.17, 15) is 0 Å². The smallest absolute Gasteiger partial charge is 0.141 e. The van der Waals surface area contributed by atoms with Crippen molar-refractivity contribution in [3.63, 3.8) is 0 Å². The molecule has 25 heavy (non-hydrogen) atoms. The van der Waals surface area contributed by atoms with E-state index in [1.807, 2.05) is 35.7 Å². The SMILES string of the molecule is CCC(CC)Oc1ccc(N=C(N)c2cccs2)cc1CNCCO. The van der Waals surface area contributed by atoms with E-state index in [2.05, 4.69) is 24.2 Å². The lowest BCUT2D eigenvalue weighted by atomic mass is 10.1. The van der Waals surface area contributed by atoms with Gasteiger partial charge in [-0.15, -0.1) is 11.3 Å². The Morgan fingerprint density at radius 1 is 1.32 bits per heavy atom. The van der Waals surface area contributed by atoms with Crippen LogP contribution in [0.5, 0.6) is 5.75 Å². The Hall–Kier alpha value is -1.89. The van der Waals surface area contributed by atoms with E-state index in [1.165, 1.54) is 0 Å². The number of aliphatic imine (C=N–C) groups is 1. The largest absolute Gasteiger partial charge is 0.490 e. The fourth-order valence-corrected chi connectivity index (χ4v) is 3.07. The summed E-state index contributed by atoms with van der Waals surface area (Å²) in [6.07, 6.45) is 2.12. The highest BCUT2D eigenvalue weighted by Crippen LogP contribution is 2.27. The molecule has 4 N–H and O–H groups in total. The second-order valence-electron chi connectivity index (χ2n) is 5.72. The number of benzene rings is 1. The van der Waals surface area contributed by atoms with Crippen molar-refractivity contribution < 1.29 is 9.84 Å². The Bertz CT molecular complexity index is 667. The van der Waals surface area contributed by atoms with E-state index < -0.39 is 0 Å². The summed E-state index contributed by atoms with van der Waals surface area (Å²) in [6, 6.07) is 9.78. The average molecular weight is 362 g/mol. The Morgan fingerprint density at radius 3 is 2.76 bits per heavy atom. The maximum Gasteiger partial charge on any atom is 0.141 e. The number of hydrogen-bond acceptors (Lipinski definition) is 5. The van der Waals surface area contributed by atoms with E-state index in [-0.39, 0.29) is 12.7 Å². The molecule has 0 saturated carbocycles. The van der Waals surface area contributed by atoms with Gasteiger partial charge in [0.05, 0.1) is 23.3 Å². The minimum absolute atomic E-state index is 0.103. The van der Waals surface area contributed by atoms with Crippen LogP contribution in [0.2, 0.25) is 0 Å². The van der Waals surface area contributed by atoms with Crippen LogP contribution < -0.4 is 15.8 Å². The van der Waals surface area contributed by atoms with Crippen molar-refractivity contribution in [2.75, 3.05) is 13.2 Å². The maximum atomic E-state index is 8.98. The van der Waals surface area contributed by atoms with Crippen LogP contribution in [0.3, 0.4) is 0 Å². The molecule has 136 valence electrons. The minimum atomic E-state index is 0.103. The second-order valence-corrected chi connectivity index (χ2v) is 6.67. The van der Waals surface area contributed by atoms with Gasteiger partial charge < -0.3 is 20.9 Å². The normalized spacial score (nSPS) is 11.9. The average Bonchev–Trinajstić information content (AvgIpc) is 3.16. The number of aliphatic hydroxyl groups is 1. The molecule has 0 aliphatic rings. The van der Waals surface area contributed by atoms with Crippen LogP contribution in [0.1, 0.15) is 37.1 Å². The molecule has 0 aliphatic carbocycles. The third kappa shape index (κ3) is 5.85. The molecule has 0 unspecified atom stereocenters. The molecule has 2 aromatic rings. The molecular weight excluding hydrogens is 334 g/mol. The van der Waals surface area contributed by atoms with Crippen LogP contribution in [0, 0.1) is 0 Å². The summed E-state index contributed by atoms with van der Waals surface area (Å²) in [6.45, 7) is 5.50. The van der Waals surface area contributed by atoms with Crippen molar-refractivity contribution in [3.05, 3.63) is 46.2 Å². The first-order valence-corrected chi connectivity index (χ1v) is 9.55. The first kappa shape index (κ1) is 19.4. The minimum Gasteiger partial charge on any atom is -0.490 e. The summed E-state index contributed by atoms with van der Waals surface area (Å²) in [7, 11) is 0. The van der Waals surface area contributed by atoms with Crippen molar-refractivity contribution in [3.8, 4) is 5.75 Å². The Morgan fingerprint density at radius 2 is 2.12 bits per heavy atom. The van der Waals surface area contributed by atoms with Crippen LogP contribution >= 0.6 is 11.3 Å². The van der Waals surface area contributed by atoms with Gasteiger partial charge in [0, 0.05) is 18.7 Å². The van der Waals surface area contributed by atoms with E-state index in [1.54, 1.807) is 11.3 Å². The number of ether oxygens (including phenoxy) is 1. The van der Waals surface area contributed by atoms with Crippen molar-refractivity contribution in [1.29, 1.82) is 0 Å². The van der Waals surface area contributed by atoms with Gasteiger partial charge in [-0.1, -0.05) is 19.9 Å². The lowest BCUT2D eigenvalue weighted by Gasteiger charge is -2.19. The molecule has 0 atom stereocenters. The molecule has 0 amide bonds. The molecule has 0 radical (unpaired) electrons. The van der Waals surface area contributed by atoms with E-state index >= 15 is 0 Å². The fourth-order valence-electron chi connectivity index (χ4n) is 2.44. The standard InChI is InChI=1S/C19H27N3O2S/c1-3-16(4-2)24-17-8-7-15(12-14(17)13-21-9-10-23)22-19(20)18-6-5-11-25-18/h5-8,11-12,16,21,23H,3-4,9-10,13H2,1-2H3,(H2,20,22). The van der Waals surface area contributed by atoms with Crippen molar-refractivity contribution in [2.45, 2.75) is 39.3 Å². The van der Waals surface area contributed by atoms with Crippen LogP contribution in [-0.4, -0.2) is 30.2 Å². The van der Waals surface area contributed by atoms with Crippen LogP contribution in [0.15, 0.2) is 40.7 Å². The van der Waals surface area contributed by atoms with Gasteiger partial charge in [0.25, 0.3) is 0 Å². The predicted octanol–water partition coefficient (Wildman–Crippen LogP) is 3.43. The van der Waals surface area contributed by atoms with Crippen molar-refractivity contribution in [2.24, 2.45) is 10.7 Å². The van der Waals surface area contributed by atoms with Crippen LogP contribution in [0.4, 0.5) is 5.69 Å². The zero-order valence-electron chi connectivity index (χ0n) is 14.9. The van der Waals surface area contributed by atoms with E-state index in [4.69, 9.17) is 15.6 Å². The summed E-state index contributed by atoms with van der Waals surface area (Å²) in [5.41, 5.74) is 7.89. The number of nitrogens with one attached hydrogen (secondary N) is 1. The molecule has 0 aliphatic heterocycles. The molecule has 2 rings (SSSR count). The first-order valence-electron chi connectivity index (χ1n) is 8.67. The third-order valence-corrected chi connectivity index (χ3v) is 4.77. The molecular formula is C19H27N3O2S. The molecule has 0 bridgehead atoms. The second kappa shape index (κ2) is 10.2. The highest BCUT2D eigenvalue weighted by Gasteiger charge is 2.11. The van der Waals surface area contributed by atoms with Crippen LogP contribution in [-0.2, 0) is 6.54 Å². The Kier molecular flexibility index (Phi) is 7.91. The topological polar surface area (TPSA) is 79.9 Å². The zero-order valence-corrected chi connectivity index (χ0v) is 15.7. The van der Waals surface area contributed by atoms with Gasteiger partial charge in [-0.2, -0.15) is 0 Å². The van der Waals surface area contributed by atoms with Gasteiger partial charge in [0.2, 0.25) is 0 Å². The van der Waals surface area contributed by atoms with Gasteiger partial charge in [-0.05, 0) is 42.5 Å². The molecule has 0 spiro atoms. The number of thiophene rings is 1. The van der Waals surface area contributed by atoms with Gasteiger partial charge >= 0.3 is 0 Å². The number of rotatable bonds is 10. The van der Waals surface area contributed by atoms with Gasteiger partial charge in [-0.25, -0.2) is 4.99 Å². The molecule has 1 heterocycles. The maximum absolute atomic E-state index is 8.98. The molecule has 1 aromatic heterocycles. The number of aliphatic hydroxyl groups excluding tert-OH is 1. The van der Waals surface area contributed by atoms with Gasteiger partial charge in [-0.3, -0.25) is 0 Å². The van der Waals surface area contributed by atoms with E-state index in [0.29, 0.717) is 18.9 Å². The van der Waals surface area contributed by atoms with E-state index in [0.717, 1.165) is 34.7 Å². The summed E-state index contributed by atoms with van der Waals surface area (Å²) < 4.78 is 6.13. The summed E-state index contributed by atoms with van der Waals surface area (Å²) in [4.78, 5) is 5.48. The van der Waals surface area contributed by atoms with Gasteiger partial charge in [0.1, 0.15) is 11.6 Å². The summed E-state index contributed by atoms with van der Waals surface area (Å²) >= 11 is 1.57. The third-order valence-electron chi connectivity index (χ3n) is 3.88. The Balaban J connectivity index is 2.24. The number of nitrogens with two attached hydrogens (primary N) is 1. The monoisotopic (exact) mass is 361 g/mol. The highest BCUT2D eigenvalue weighted by molar-refractivity contribution is 7.12. The zero-order chi connectivity index (χ0) is 18.1. The first-order chi connectivity index (χ1) is 12.2. The number of hydrogen-bond donors (Lipinski definition) is 3. The van der Waals surface area contributed by atoms with Crippen LogP contribution in [0.25, 0.3) is 0 Å². The lowest BCUT2D eigenvalue weighted by molar-refractivity contribution is 0.190. The number of nitrogens with zero attached hydrogens (tertiary/aromatic N) is 1. The van der Waals surface area contributed by atoms with Crippen molar-refractivity contribution >= 4 is 22.9 Å². The van der Waals surface area contributed by atoms with Crippen molar-refractivity contribution in [1.82, 2.24) is 5.32 Å². The molecule has 1 aromatic carbocycles. The fraction of sp³-hybridized carbons (Fsp3) is 0.421. The molecule has 5 nitrogen and oxygen atoms in total.